The third-order valence-electron chi connectivity index (χ3n) is 1.78. The van der Waals surface area contributed by atoms with Crippen LogP contribution in [0.15, 0.2) is 4.99 Å². The molecule has 0 saturated heterocycles. The number of carbonyl (C=O) groups excluding carboxylic acids is 1. The molecular weight excluding hydrogens is 133 g/mol. The number of hydrogen-bond acceptors (Lipinski definition) is 2. The van der Waals surface area contributed by atoms with Crippen LogP contribution in [0.3, 0.4) is 0 Å². The number of isocyanates is 1. The predicted octanol–water partition coefficient (Wildman–Crippen LogP) is 1.85. The molecule has 0 aliphatic carbocycles. The van der Waals surface area contributed by atoms with Crippen LogP contribution in [0.25, 0.3) is 0 Å². The molecule has 0 N–H and O–H groups in total. The number of nitrogens with zero attached hydrogens (tertiary/aromatic N) is 1. The van der Waals surface area contributed by atoms with Crippen molar-refractivity contribution in [1.29, 1.82) is 0 Å². The molecule has 0 unspecified atom stereocenters. The van der Waals surface area contributed by atoms with Gasteiger partial charge in [0.15, 0.2) is 0 Å². The molecule has 0 bridgehead atoms. The lowest BCUT2D eigenvalue weighted by Crippen LogP contribution is -2.39. The summed E-state index contributed by atoms with van der Waals surface area (Å²) in [6.07, 6.45) is 1.35. The standard InChI is InChI=1S/C7H12FNO/c1-6(2,8)7(3,4)9-5-10/h1-4H3. The second-order valence-corrected chi connectivity index (χ2v) is 3.23. The summed E-state index contributed by atoms with van der Waals surface area (Å²) >= 11 is 0. The molecule has 0 fully saturated rings. The van der Waals surface area contributed by atoms with E-state index in [9.17, 15) is 9.18 Å². The molecule has 0 rings (SSSR count). The highest BCUT2D eigenvalue weighted by atomic mass is 19.1. The molecule has 0 amide bonds. The van der Waals surface area contributed by atoms with Gasteiger partial charge in [-0.2, -0.15) is 4.99 Å². The van der Waals surface area contributed by atoms with Gasteiger partial charge >= 0.3 is 0 Å². The van der Waals surface area contributed by atoms with E-state index in [1.807, 2.05) is 0 Å². The van der Waals surface area contributed by atoms with Crippen molar-refractivity contribution in [1.82, 2.24) is 0 Å². The van der Waals surface area contributed by atoms with Gasteiger partial charge in [-0.15, -0.1) is 0 Å². The zero-order chi connectivity index (χ0) is 8.41. The van der Waals surface area contributed by atoms with Gasteiger partial charge < -0.3 is 0 Å². The highest BCUT2D eigenvalue weighted by molar-refractivity contribution is 5.35. The van der Waals surface area contributed by atoms with Gasteiger partial charge in [0.05, 0.1) is 0 Å². The molecule has 0 atom stereocenters. The van der Waals surface area contributed by atoms with Gasteiger partial charge in [0.25, 0.3) is 0 Å². The summed E-state index contributed by atoms with van der Waals surface area (Å²) < 4.78 is 13.1. The van der Waals surface area contributed by atoms with Crippen molar-refractivity contribution < 1.29 is 9.18 Å². The Bertz CT molecular complexity index is 163. The fourth-order valence-electron chi connectivity index (χ4n) is 0.247. The number of halogens is 1. The SMILES string of the molecule is CC(C)(F)C(C)(C)N=C=O. The normalized spacial score (nSPS) is 12.5. The molecule has 58 valence electrons. The summed E-state index contributed by atoms with van der Waals surface area (Å²) in [5.74, 6) is 0. The van der Waals surface area contributed by atoms with Crippen LogP contribution >= 0.6 is 0 Å². The first-order valence-corrected chi connectivity index (χ1v) is 3.09. The van der Waals surface area contributed by atoms with E-state index >= 15 is 0 Å². The van der Waals surface area contributed by atoms with E-state index in [2.05, 4.69) is 4.99 Å². The van der Waals surface area contributed by atoms with Crippen molar-refractivity contribution in [2.45, 2.75) is 38.9 Å². The van der Waals surface area contributed by atoms with Crippen LogP contribution < -0.4 is 0 Å². The Labute approximate surface area is 60.2 Å². The Balaban J connectivity index is 4.56. The summed E-state index contributed by atoms with van der Waals surface area (Å²) in [6, 6.07) is 0. The predicted molar refractivity (Wildman–Crippen MR) is 37.4 cm³/mol. The highest BCUT2D eigenvalue weighted by Gasteiger charge is 2.36. The Hall–Kier alpha value is -0.690. The largest absolute Gasteiger partial charge is 0.242 e. The lowest BCUT2D eigenvalue weighted by atomic mass is 9.89. The minimum absolute atomic E-state index is 0.977. The number of hydrogen-bond donors (Lipinski definition) is 0. The molecular formula is C7H12FNO. The van der Waals surface area contributed by atoms with Crippen LogP contribution in [0.5, 0.6) is 0 Å². The van der Waals surface area contributed by atoms with Gasteiger partial charge in [-0.25, -0.2) is 9.18 Å². The smallest absolute Gasteiger partial charge is 0.235 e. The van der Waals surface area contributed by atoms with Crippen LogP contribution in [-0.4, -0.2) is 17.3 Å². The Morgan fingerprint density at radius 3 is 1.80 bits per heavy atom. The molecule has 2 nitrogen and oxygen atoms in total. The quantitative estimate of drug-likeness (QED) is 0.430. The van der Waals surface area contributed by atoms with E-state index in [4.69, 9.17) is 0 Å². The third kappa shape index (κ3) is 1.92. The van der Waals surface area contributed by atoms with Gasteiger partial charge in [0, 0.05) is 0 Å². The van der Waals surface area contributed by atoms with Crippen LogP contribution in [-0.2, 0) is 4.79 Å². The van der Waals surface area contributed by atoms with Crippen LogP contribution in [0, 0.1) is 0 Å². The first-order chi connectivity index (χ1) is 4.31. The van der Waals surface area contributed by atoms with Gasteiger partial charge in [-0.3, -0.25) is 0 Å². The van der Waals surface area contributed by atoms with E-state index in [0.717, 1.165) is 0 Å². The number of rotatable bonds is 2. The Morgan fingerprint density at radius 2 is 1.70 bits per heavy atom. The molecule has 0 radical (unpaired) electrons. The number of aliphatic imine (C=N–C) groups is 1. The molecule has 0 spiro atoms. The second kappa shape index (κ2) is 2.51. The average molecular weight is 145 g/mol. The van der Waals surface area contributed by atoms with E-state index in [1.54, 1.807) is 13.8 Å². The number of alkyl halides is 1. The molecule has 10 heavy (non-hydrogen) atoms. The zero-order valence-corrected chi connectivity index (χ0v) is 6.73. The van der Waals surface area contributed by atoms with Crippen LogP contribution in [0.1, 0.15) is 27.7 Å². The van der Waals surface area contributed by atoms with E-state index in [0.29, 0.717) is 0 Å². The maximum Gasteiger partial charge on any atom is 0.235 e. The first-order valence-electron chi connectivity index (χ1n) is 3.09. The van der Waals surface area contributed by atoms with Gasteiger partial charge in [-0.05, 0) is 27.7 Å². The van der Waals surface area contributed by atoms with Gasteiger partial charge in [-0.1, -0.05) is 0 Å². The lowest BCUT2D eigenvalue weighted by Gasteiger charge is -2.28. The van der Waals surface area contributed by atoms with Crippen molar-refractivity contribution in [3.05, 3.63) is 0 Å². The molecule has 0 aromatic carbocycles. The van der Waals surface area contributed by atoms with Gasteiger partial charge in [0.1, 0.15) is 11.2 Å². The second-order valence-electron chi connectivity index (χ2n) is 3.23. The maximum atomic E-state index is 13.1. The topological polar surface area (TPSA) is 29.4 Å². The van der Waals surface area contributed by atoms with Crippen LogP contribution in [0.2, 0.25) is 0 Å². The molecule has 0 aliphatic heterocycles. The highest BCUT2D eigenvalue weighted by Crippen LogP contribution is 2.28. The maximum absolute atomic E-state index is 13.1. The molecule has 0 aromatic heterocycles. The first kappa shape index (κ1) is 9.31. The summed E-state index contributed by atoms with van der Waals surface area (Å²) in [5.41, 5.74) is -2.46. The minimum Gasteiger partial charge on any atom is -0.242 e. The fourth-order valence-corrected chi connectivity index (χ4v) is 0.247. The molecule has 0 aromatic rings. The molecule has 0 heterocycles. The summed E-state index contributed by atoms with van der Waals surface area (Å²) in [6.45, 7) is 5.87. The monoisotopic (exact) mass is 145 g/mol. The summed E-state index contributed by atoms with van der Waals surface area (Å²) in [4.78, 5) is 13.2. The molecule has 3 heteroatoms. The summed E-state index contributed by atoms with van der Waals surface area (Å²) in [5, 5.41) is 0. The van der Waals surface area contributed by atoms with Gasteiger partial charge in [0.2, 0.25) is 6.08 Å². The van der Waals surface area contributed by atoms with Crippen molar-refractivity contribution in [3.8, 4) is 0 Å². The van der Waals surface area contributed by atoms with E-state index < -0.39 is 11.2 Å². The van der Waals surface area contributed by atoms with E-state index in [-0.39, 0.29) is 0 Å². The Morgan fingerprint density at radius 1 is 1.30 bits per heavy atom. The summed E-state index contributed by atoms with van der Waals surface area (Å²) in [7, 11) is 0. The third-order valence-corrected chi connectivity index (χ3v) is 1.78. The zero-order valence-electron chi connectivity index (χ0n) is 6.73. The van der Waals surface area contributed by atoms with Crippen molar-refractivity contribution >= 4 is 6.08 Å². The average Bonchev–Trinajstić information content (AvgIpc) is 1.61. The van der Waals surface area contributed by atoms with E-state index in [1.165, 1.54) is 19.9 Å². The van der Waals surface area contributed by atoms with Crippen LogP contribution in [0.4, 0.5) is 4.39 Å². The minimum atomic E-state index is -1.48. The fraction of sp³-hybridized carbons (Fsp3) is 0.857. The van der Waals surface area contributed by atoms with Crippen molar-refractivity contribution in [2.24, 2.45) is 4.99 Å². The molecule has 0 aliphatic rings. The Kier molecular flexibility index (Phi) is 2.33. The lowest BCUT2D eigenvalue weighted by molar-refractivity contribution is 0.121. The molecule has 0 saturated carbocycles. The van der Waals surface area contributed by atoms with Crippen molar-refractivity contribution in [2.75, 3.05) is 0 Å². The van der Waals surface area contributed by atoms with Crippen molar-refractivity contribution in [3.63, 3.8) is 0 Å².